The Kier molecular flexibility index (Phi) is 5.31. The third-order valence-corrected chi connectivity index (χ3v) is 2.03. The highest BCUT2D eigenvalue weighted by molar-refractivity contribution is 5.86. The molecule has 0 atom stereocenters. The van der Waals surface area contributed by atoms with Gasteiger partial charge < -0.3 is 19.5 Å². The summed E-state index contributed by atoms with van der Waals surface area (Å²) < 4.78 is 14.5. The molecule has 0 amide bonds. The topological polar surface area (TPSA) is 82.6 Å². The number of hydrogen-bond acceptors (Lipinski definition) is 7. The number of carbonyl (C=O) groups is 1. The second-order valence-corrected chi connectivity index (χ2v) is 3.08. The van der Waals surface area contributed by atoms with E-state index in [-0.39, 0.29) is 12.0 Å². The standard InChI is InChI=1S/C10H15N3O4/c1-15-9(16-2)6-11-8-5-4-7(12-13-8)10(14)17-3/h4-5,9H,6H2,1-3H3,(H,11,13). The van der Waals surface area contributed by atoms with E-state index in [1.807, 2.05) is 0 Å². The van der Waals surface area contributed by atoms with Crippen LogP contribution >= 0.6 is 0 Å². The molecule has 1 aromatic heterocycles. The lowest BCUT2D eigenvalue weighted by Gasteiger charge is -2.13. The molecule has 0 aromatic carbocycles. The first-order valence-electron chi connectivity index (χ1n) is 4.92. The molecular formula is C10H15N3O4. The van der Waals surface area contributed by atoms with E-state index < -0.39 is 5.97 Å². The molecule has 1 heterocycles. The SMILES string of the molecule is COC(=O)c1ccc(NCC(OC)OC)nn1. The van der Waals surface area contributed by atoms with E-state index in [0.717, 1.165) is 0 Å². The third-order valence-electron chi connectivity index (χ3n) is 2.03. The number of esters is 1. The maximum atomic E-state index is 11.1. The predicted molar refractivity (Wildman–Crippen MR) is 59.7 cm³/mol. The summed E-state index contributed by atoms with van der Waals surface area (Å²) in [6, 6.07) is 3.15. The van der Waals surface area contributed by atoms with E-state index in [9.17, 15) is 4.79 Å². The van der Waals surface area contributed by atoms with Crippen LogP contribution in [0.2, 0.25) is 0 Å². The van der Waals surface area contributed by atoms with Crippen molar-refractivity contribution >= 4 is 11.8 Å². The minimum Gasteiger partial charge on any atom is -0.464 e. The van der Waals surface area contributed by atoms with Gasteiger partial charge in [0.2, 0.25) is 0 Å². The van der Waals surface area contributed by atoms with Gasteiger partial charge in [0, 0.05) is 14.2 Å². The summed E-state index contributed by atoms with van der Waals surface area (Å²) in [5.41, 5.74) is 0.160. The lowest BCUT2D eigenvalue weighted by atomic mass is 10.4. The van der Waals surface area contributed by atoms with E-state index in [4.69, 9.17) is 9.47 Å². The number of aromatic nitrogens is 2. The van der Waals surface area contributed by atoms with Crippen molar-refractivity contribution < 1.29 is 19.0 Å². The highest BCUT2D eigenvalue weighted by atomic mass is 16.7. The van der Waals surface area contributed by atoms with Gasteiger partial charge in [-0.05, 0) is 12.1 Å². The van der Waals surface area contributed by atoms with Crippen LogP contribution in [0.25, 0.3) is 0 Å². The lowest BCUT2D eigenvalue weighted by molar-refractivity contribution is -0.0914. The Morgan fingerprint density at radius 1 is 1.29 bits per heavy atom. The largest absolute Gasteiger partial charge is 0.464 e. The average Bonchev–Trinajstić information content (AvgIpc) is 2.39. The van der Waals surface area contributed by atoms with E-state index in [1.54, 1.807) is 20.3 Å². The zero-order valence-electron chi connectivity index (χ0n) is 9.97. The smallest absolute Gasteiger partial charge is 0.358 e. The maximum absolute atomic E-state index is 11.1. The summed E-state index contributed by atoms with van der Waals surface area (Å²) in [5, 5.41) is 10.5. The van der Waals surface area contributed by atoms with E-state index in [2.05, 4.69) is 20.3 Å². The molecule has 1 rings (SSSR count). The number of anilines is 1. The quantitative estimate of drug-likeness (QED) is 0.566. The van der Waals surface area contributed by atoms with Gasteiger partial charge in [-0.25, -0.2) is 4.79 Å². The van der Waals surface area contributed by atoms with Crippen molar-refractivity contribution in [3.8, 4) is 0 Å². The van der Waals surface area contributed by atoms with Crippen LogP contribution in [0.4, 0.5) is 5.82 Å². The zero-order valence-corrected chi connectivity index (χ0v) is 9.97. The summed E-state index contributed by atoms with van der Waals surface area (Å²) in [6.07, 6.45) is -0.364. The van der Waals surface area contributed by atoms with E-state index in [1.165, 1.54) is 13.2 Å². The van der Waals surface area contributed by atoms with Crippen molar-refractivity contribution in [3.63, 3.8) is 0 Å². The molecule has 0 aliphatic rings. The lowest BCUT2D eigenvalue weighted by Crippen LogP contribution is -2.24. The molecule has 0 unspecified atom stereocenters. The van der Waals surface area contributed by atoms with Gasteiger partial charge in [0.25, 0.3) is 0 Å². The number of hydrogen-bond donors (Lipinski definition) is 1. The fourth-order valence-electron chi connectivity index (χ4n) is 1.09. The summed E-state index contributed by atoms with van der Waals surface area (Å²) in [7, 11) is 4.38. The molecule has 1 N–H and O–H groups in total. The van der Waals surface area contributed by atoms with Gasteiger partial charge in [0.05, 0.1) is 13.7 Å². The summed E-state index contributed by atoms with van der Waals surface area (Å²) in [5.74, 6) is 0.00691. The molecule has 0 fully saturated rings. The van der Waals surface area contributed by atoms with Gasteiger partial charge in [-0.1, -0.05) is 0 Å². The molecule has 0 radical (unpaired) electrons. The number of rotatable bonds is 6. The third kappa shape index (κ3) is 3.97. The van der Waals surface area contributed by atoms with Crippen molar-refractivity contribution in [2.45, 2.75) is 6.29 Å². The normalized spacial score (nSPS) is 10.4. The summed E-state index contributed by atoms with van der Waals surface area (Å²) in [6.45, 7) is 0.430. The van der Waals surface area contributed by atoms with Crippen molar-refractivity contribution in [1.82, 2.24) is 10.2 Å². The minimum atomic E-state index is -0.518. The molecule has 7 heteroatoms. The van der Waals surface area contributed by atoms with Gasteiger partial charge in [-0.3, -0.25) is 0 Å². The summed E-state index contributed by atoms with van der Waals surface area (Å²) >= 11 is 0. The number of ether oxygens (including phenoxy) is 3. The van der Waals surface area contributed by atoms with Gasteiger partial charge in [0.15, 0.2) is 12.0 Å². The highest BCUT2D eigenvalue weighted by Gasteiger charge is 2.08. The fraction of sp³-hybridized carbons (Fsp3) is 0.500. The molecule has 0 aliphatic carbocycles. The van der Waals surface area contributed by atoms with Gasteiger partial charge in [-0.2, -0.15) is 0 Å². The van der Waals surface area contributed by atoms with Crippen LogP contribution in [0.3, 0.4) is 0 Å². The van der Waals surface area contributed by atoms with Crippen LogP contribution in [0.15, 0.2) is 12.1 Å². The Balaban J connectivity index is 2.53. The number of nitrogens with one attached hydrogen (secondary N) is 1. The van der Waals surface area contributed by atoms with E-state index >= 15 is 0 Å². The van der Waals surface area contributed by atoms with Crippen molar-refractivity contribution in [2.75, 3.05) is 33.2 Å². The first-order valence-corrected chi connectivity index (χ1v) is 4.92. The van der Waals surface area contributed by atoms with Crippen molar-refractivity contribution in [2.24, 2.45) is 0 Å². The van der Waals surface area contributed by atoms with Crippen LogP contribution in [-0.2, 0) is 14.2 Å². The molecule has 1 aromatic rings. The molecule has 17 heavy (non-hydrogen) atoms. The molecule has 0 spiro atoms. The van der Waals surface area contributed by atoms with Crippen molar-refractivity contribution in [3.05, 3.63) is 17.8 Å². The Bertz CT molecular complexity index is 351. The number of methoxy groups -OCH3 is 3. The summed E-state index contributed by atoms with van der Waals surface area (Å²) in [4.78, 5) is 11.1. The van der Waals surface area contributed by atoms with Gasteiger partial charge >= 0.3 is 5.97 Å². The Morgan fingerprint density at radius 3 is 2.47 bits per heavy atom. The van der Waals surface area contributed by atoms with Crippen LogP contribution in [0, 0.1) is 0 Å². The first-order chi connectivity index (χ1) is 8.21. The molecular weight excluding hydrogens is 226 g/mol. The predicted octanol–water partition coefficient (Wildman–Crippen LogP) is 0.294. The second-order valence-electron chi connectivity index (χ2n) is 3.08. The number of carbonyl (C=O) groups excluding carboxylic acids is 1. The molecule has 0 bridgehead atoms. The van der Waals surface area contributed by atoms with Crippen molar-refractivity contribution in [1.29, 1.82) is 0 Å². The fourth-order valence-corrected chi connectivity index (χ4v) is 1.09. The monoisotopic (exact) mass is 241 g/mol. The van der Waals surface area contributed by atoms with Gasteiger partial charge in [0.1, 0.15) is 5.82 Å². The maximum Gasteiger partial charge on any atom is 0.358 e. The molecule has 0 saturated carbocycles. The van der Waals surface area contributed by atoms with Crippen LogP contribution in [0.1, 0.15) is 10.5 Å². The highest BCUT2D eigenvalue weighted by Crippen LogP contribution is 2.03. The van der Waals surface area contributed by atoms with Crippen LogP contribution in [-0.4, -0.2) is 50.3 Å². The zero-order chi connectivity index (χ0) is 12.7. The second kappa shape index (κ2) is 6.77. The van der Waals surface area contributed by atoms with E-state index in [0.29, 0.717) is 12.4 Å². The first kappa shape index (κ1) is 13.3. The van der Waals surface area contributed by atoms with Crippen LogP contribution in [0.5, 0.6) is 0 Å². The van der Waals surface area contributed by atoms with Crippen LogP contribution < -0.4 is 5.32 Å². The number of nitrogens with zero attached hydrogens (tertiary/aromatic N) is 2. The molecule has 0 aliphatic heterocycles. The average molecular weight is 241 g/mol. The Hall–Kier alpha value is -1.73. The molecule has 94 valence electrons. The Labute approximate surface area is 99.1 Å². The molecule has 0 saturated heterocycles. The Morgan fingerprint density at radius 2 is 2.00 bits per heavy atom. The minimum absolute atomic E-state index is 0.160. The van der Waals surface area contributed by atoms with Gasteiger partial charge in [-0.15, -0.1) is 10.2 Å². The molecule has 7 nitrogen and oxygen atoms in total.